The Morgan fingerprint density at radius 2 is 1.81 bits per heavy atom. The standard InChI is InChI=1S/C18H28O3/c1-12-7-18(20-10-16(3,4)11-21-18)9-15-6-14(13(2)19)8-17(12,15)5/h8,12,15H,6-7,9-11H2,1-5H3/t12-,15-,17+/m0/s1. The van der Waals surface area contributed by atoms with Crippen molar-refractivity contribution in [2.75, 3.05) is 13.2 Å². The van der Waals surface area contributed by atoms with Crippen LogP contribution in [-0.4, -0.2) is 24.8 Å². The zero-order valence-corrected chi connectivity index (χ0v) is 14.0. The number of carbonyl (C=O) groups is 1. The van der Waals surface area contributed by atoms with Gasteiger partial charge in [0, 0.05) is 18.3 Å². The van der Waals surface area contributed by atoms with Gasteiger partial charge in [-0.2, -0.15) is 0 Å². The fourth-order valence-electron chi connectivity index (χ4n) is 4.24. The van der Waals surface area contributed by atoms with E-state index in [-0.39, 0.29) is 16.6 Å². The van der Waals surface area contributed by atoms with Crippen LogP contribution in [0.4, 0.5) is 0 Å². The fraction of sp³-hybridized carbons (Fsp3) is 0.833. The van der Waals surface area contributed by atoms with Crippen LogP contribution in [0.2, 0.25) is 0 Å². The first-order chi connectivity index (χ1) is 9.66. The second-order valence-corrected chi connectivity index (χ2v) is 8.45. The minimum atomic E-state index is -0.417. The Hall–Kier alpha value is -0.670. The van der Waals surface area contributed by atoms with E-state index in [1.807, 2.05) is 0 Å². The van der Waals surface area contributed by atoms with Crippen LogP contribution in [-0.2, 0) is 14.3 Å². The van der Waals surface area contributed by atoms with E-state index in [0.29, 0.717) is 11.8 Å². The molecular weight excluding hydrogens is 264 g/mol. The number of ether oxygens (including phenoxy) is 2. The highest BCUT2D eigenvalue weighted by Crippen LogP contribution is 2.58. The maximum absolute atomic E-state index is 11.8. The second kappa shape index (κ2) is 4.66. The molecule has 0 amide bonds. The summed E-state index contributed by atoms with van der Waals surface area (Å²) in [6.07, 6.45) is 4.97. The predicted molar refractivity (Wildman–Crippen MR) is 81.8 cm³/mol. The highest BCUT2D eigenvalue weighted by atomic mass is 16.7. The number of fused-ring (bicyclic) bond motifs is 1. The minimum Gasteiger partial charge on any atom is -0.349 e. The van der Waals surface area contributed by atoms with Gasteiger partial charge in [-0.3, -0.25) is 4.79 Å². The molecule has 1 spiro atoms. The van der Waals surface area contributed by atoms with Crippen molar-refractivity contribution < 1.29 is 14.3 Å². The lowest BCUT2D eigenvalue weighted by Crippen LogP contribution is -2.55. The molecule has 2 fully saturated rings. The molecule has 3 atom stereocenters. The summed E-state index contributed by atoms with van der Waals surface area (Å²) in [5, 5.41) is 0. The third-order valence-electron chi connectivity index (χ3n) is 5.97. The molecule has 118 valence electrons. The third kappa shape index (κ3) is 2.49. The van der Waals surface area contributed by atoms with Gasteiger partial charge in [0.2, 0.25) is 0 Å². The molecule has 3 nitrogen and oxygen atoms in total. The van der Waals surface area contributed by atoms with Crippen LogP contribution >= 0.6 is 0 Å². The molecule has 2 aliphatic carbocycles. The van der Waals surface area contributed by atoms with E-state index in [1.165, 1.54) is 0 Å². The van der Waals surface area contributed by atoms with Crippen molar-refractivity contribution in [2.45, 2.75) is 59.7 Å². The summed E-state index contributed by atoms with van der Waals surface area (Å²) in [4.78, 5) is 11.8. The Bertz CT molecular complexity index is 481. The van der Waals surface area contributed by atoms with Crippen molar-refractivity contribution in [1.82, 2.24) is 0 Å². The summed E-state index contributed by atoms with van der Waals surface area (Å²) in [5.74, 6) is 0.730. The van der Waals surface area contributed by atoms with Gasteiger partial charge in [0.15, 0.2) is 11.6 Å². The smallest absolute Gasteiger partial charge is 0.168 e. The first-order valence-corrected chi connectivity index (χ1v) is 8.16. The van der Waals surface area contributed by atoms with E-state index in [9.17, 15) is 4.79 Å². The van der Waals surface area contributed by atoms with Gasteiger partial charge in [-0.05, 0) is 36.2 Å². The van der Waals surface area contributed by atoms with Crippen molar-refractivity contribution in [2.24, 2.45) is 22.7 Å². The zero-order valence-electron chi connectivity index (χ0n) is 14.0. The summed E-state index contributed by atoms with van der Waals surface area (Å²) in [6.45, 7) is 12.1. The molecule has 0 N–H and O–H groups in total. The summed E-state index contributed by atoms with van der Waals surface area (Å²) in [6, 6.07) is 0. The minimum absolute atomic E-state index is 0.105. The van der Waals surface area contributed by atoms with Crippen LogP contribution in [0.25, 0.3) is 0 Å². The molecule has 0 radical (unpaired) electrons. The van der Waals surface area contributed by atoms with Crippen molar-refractivity contribution in [1.29, 1.82) is 0 Å². The van der Waals surface area contributed by atoms with E-state index in [1.54, 1.807) is 6.92 Å². The molecule has 1 saturated heterocycles. The largest absolute Gasteiger partial charge is 0.349 e. The van der Waals surface area contributed by atoms with Crippen LogP contribution in [0.3, 0.4) is 0 Å². The maximum Gasteiger partial charge on any atom is 0.168 e. The SMILES string of the molecule is CC(=O)C1=C[C@@]2(C)[C@@H](C1)CC1(C[C@@H]2C)OCC(C)(C)CO1. The molecule has 3 rings (SSSR count). The first kappa shape index (κ1) is 15.2. The number of ketones is 1. The Labute approximate surface area is 128 Å². The molecule has 1 heterocycles. The van der Waals surface area contributed by atoms with E-state index in [2.05, 4.69) is 33.8 Å². The maximum atomic E-state index is 11.8. The lowest BCUT2D eigenvalue weighted by Gasteiger charge is -2.53. The summed E-state index contributed by atoms with van der Waals surface area (Å²) < 4.78 is 12.4. The van der Waals surface area contributed by atoms with Crippen molar-refractivity contribution in [3.05, 3.63) is 11.6 Å². The van der Waals surface area contributed by atoms with E-state index < -0.39 is 5.79 Å². The van der Waals surface area contributed by atoms with Gasteiger partial charge in [0.1, 0.15) is 0 Å². The third-order valence-corrected chi connectivity index (χ3v) is 5.97. The average Bonchev–Trinajstić information content (AvgIpc) is 2.73. The number of hydrogen-bond donors (Lipinski definition) is 0. The Kier molecular flexibility index (Phi) is 3.38. The molecule has 0 aromatic rings. The van der Waals surface area contributed by atoms with Gasteiger partial charge >= 0.3 is 0 Å². The van der Waals surface area contributed by atoms with Gasteiger partial charge in [0.25, 0.3) is 0 Å². The van der Waals surface area contributed by atoms with E-state index in [4.69, 9.17) is 9.47 Å². The lowest BCUT2D eigenvalue weighted by atomic mass is 9.61. The van der Waals surface area contributed by atoms with Gasteiger partial charge in [-0.25, -0.2) is 0 Å². The molecule has 0 bridgehead atoms. The molecule has 0 unspecified atom stereocenters. The van der Waals surface area contributed by atoms with Crippen LogP contribution in [0.1, 0.15) is 53.9 Å². The molecular formula is C18H28O3. The van der Waals surface area contributed by atoms with Crippen LogP contribution in [0.5, 0.6) is 0 Å². The number of hydrogen-bond acceptors (Lipinski definition) is 3. The fourth-order valence-corrected chi connectivity index (χ4v) is 4.24. The molecule has 0 aromatic carbocycles. The summed E-state index contributed by atoms with van der Waals surface area (Å²) >= 11 is 0. The lowest BCUT2D eigenvalue weighted by molar-refractivity contribution is -0.327. The monoisotopic (exact) mass is 292 g/mol. The number of Topliss-reactive ketones (excluding diaryl/α,β-unsaturated/α-hetero) is 1. The van der Waals surface area contributed by atoms with Crippen molar-refractivity contribution >= 4 is 5.78 Å². The highest BCUT2D eigenvalue weighted by molar-refractivity contribution is 5.94. The highest BCUT2D eigenvalue weighted by Gasteiger charge is 2.55. The van der Waals surface area contributed by atoms with E-state index >= 15 is 0 Å². The van der Waals surface area contributed by atoms with Gasteiger partial charge in [0.05, 0.1) is 13.2 Å². The van der Waals surface area contributed by atoms with Crippen LogP contribution < -0.4 is 0 Å². The Morgan fingerprint density at radius 3 is 2.38 bits per heavy atom. The molecule has 21 heavy (non-hydrogen) atoms. The van der Waals surface area contributed by atoms with Gasteiger partial charge in [-0.15, -0.1) is 0 Å². The molecule has 0 aromatic heterocycles. The molecule has 3 heteroatoms. The number of rotatable bonds is 1. The summed E-state index contributed by atoms with van der Waals surface area (Å²) in [7, 11) is 0. The van der Waals surface area contributed by atoms with Gasteiger partial charge < -0.3 is 9.47 Å². The molecule has 1 saturated carbocycles. The first-order valence-electron chi connectivity index (χ1n) is 8.16. The Balaban J connectivity index is 1.81. The van der Waals surface area contributed by atoms with E-state index in [0.717, 1.165) is 38.0 Å². The van der Waals surface area contributed by atoms with Crippen LogP contribution in [0, 0.1) is 22.7 Å². The average molecular weight is 292 g/mol. The zero-order chi connectivity index (χ0) is 15.5. The molecule has 1 aliphatic heterocycles. The second-order valence-electron chi connectivity index (χ2n) is 8.45. The normalized spacial score (nSPS) is 40.7. The van der Waals surface area contributed by atoms with Crippen molar-refractivity contribution in [3.63, 3.8) is 0 Å². The number of allylic oxidation sites excluding steroid dienone is 2. The topological polar surface area (TPSA) is 35.5 Å². The van der Waals surface area contributed by atoms with Crippen LogP contribution in [0.15, 0.2) is 11.6 Å². The quantitative estimate of drug-likeness (QED) is 0.739. The Morgan fingerprint density at radius 1 is 1.19 bits per heavy atom. The predicted octanol–water partition coefficient (Wildman–Crippen LogP) is 3.73. The van der Waals surface area contributed by atoms with Gasteiger partial charge in [-0.1, -0.05) is 33.8 Å². The molecule has 3 aliphatic rings. The van der Waals surface area contributed by atoms with Crippen molar-refractivity contribution in [3.8, 4) is 0 Å². The summed E-state index contributed by atoms with van der Waals surface area (Å²) in [5.41, 5.74) is 1.22. The number of carbonyl (C=O) groups excluding carboxylic acids is 1.